The average Bonchev–Trinajstić information content (AvgIpc) is 3.08. The standard InChI is InChI=1S/C17H20N2O4/c1-17(18-12-20,16(21)23-3)11-13-6-7-14(15(10-13)22-2)19-8-4-5-9-19/h4-10,12H,11H2,1-3H3,(H,18,20)/t17-/m0/s1. The van der Waals surface area contributed by atoms with Crippen LogP contribution in [-0.4, -0.2) is 36.7 Å². The summed E-state index contributed by atoms with van der Waals surface area (Å²) < 4.78 is 12.2. The zero-order chi connectivity index (χ0) is 16.9. The van der Waals surface area contributed by atoms with Gasteiger partial charge >= 0.3 is 5.97 Å². The monoisotopic (exact) mass is 316 g/mol. The van der Waals surface area contributed by atoms with Gasteiger partial charge in [-0.1, -0.05) is 6.07 Å². The summed E-state index contributed by atoms with van der Waals surface area (Å²) in [5.41, 5.74) is 0.612. The maximum atomic E-state index is 12.0. The molecular weight excluding hydrogens is 296 g/mol. The van der Waals surface area contributed by atoms with Crippen LogP contribution in [0, 0.1) is 0 Å². The Hall–Kier alpha value is -2.76. The van der Waals surface area contributed by atoms with Gasteiger partial charge in [-0.3, -0.25) is 4.79 Å². The van der Waals surface area contributed by atoms with Crippen molar-refractivity contribution in [3.8, 4) is 11.4 Å². The maximum absolute atomic E-state index is 12.0. The normalized spacial score (nSPS) is 13.0. The van der Waals surface area contributed by atoms with Crippen LogP contribution in [0.15, 0.2) is 42.7 Å². The van der Waals surface area contributed by atoms with Crippen molar-refractivity contribution in [2.75, 3.05) is 14.2 Å². The third-order valence-electron chi connectivity index (χ3n) is 3.70. The number of hydrogen-bond donors (Lipinski definition) is 1. The number of ether oxygens (including phenoxy) is 2. The van der Waals surface area contributed by atoms with Gasteiger partial charge in [0, 0.05) is 18.8 Å². The van der Waals surface area contributed by atoms with Gasteiger partial charge in [0.15, 0.2) is 0 Å². The number of esters is 1. The van der Waals surface area contributed by atoms with Crippen LogP contribution in [-0.2, 0) is 20.7 Å². The van der Waals surface area contributed by atoms with Gasteiger partial charge < -0.3 is 19.4 Å². The lowest BCUT2D eigenvalue weighted by Gasteiger charge is -2.26. The van der Waals surface area contributed by atoms with Gasteiger partial charge in [0.05, 0.1) is 19.9 Å². The van der Waals surface area contributed by atoms with Crippen molar-refractivity contribution in [2.45, 2.75) is 18.9 Å². The number of rotatable bonds is 7. The first-order chi connectivity index (χ1) is 11.0. The Balaban J connectivity index is 2.33. The van der Waals surface area contributed by atoms with E-state index in [1.807, 2.05) is 47.3 Å². The van der Waals surface area contributed by atoms with Gasteiger partial charge in [0.25, 0.3) is 0 Å². The number of nitrogens with one attached hydrogen (secondary N) is 1. The molecule has 1 N–H and O–H groups in total. The third-order valence-corrected chi connectivity index (χ3v) is 3.70. The van der Waals surface area contributed by atoms with Crippen LogP contribution in [0.3, 0.4) is 0 Å². The van der Waals surface area contributed by atoms with Crippen LogP contribution in [0.25, 0.3) is 5.69 Å². The highest BCUT2D eigenvalue weighted by Gasteiger charge is 2.34. The van der Waals surface area contributed by atoms with Crippen molar-refractivity contribution in [3.05, 3.63) is 48.3 Å². The molecule has 0 radical (unpaired) electrons. The highest BCUT2D eigenvalue weighted by Crippen LogP contribution is 2.26. The predicted molar refractivity (Wildman–Crippen MR) is 85.6 cm³/mol. The second kappa shape index (κ2) is 7.00. The summed E-state index contributed by atoms with van der Waals surface area (Å²) in [6, 6.07) is 9.51. The van der Waals surface area contributed by atoms with E-state index in [2.05, 4.69) is 5.32 Å². The molecule has 2 aromatic rings. The Kier molecular flexibility index (Phi) is 5.05. The molecule has 0 fully saturated rings. The molecule has 0 unspecified atom stereocenters. The molecule has 0 bridgehead atoms. The van der Waals surface area contributed by atoms with Gasteiger partial charge in [-0.25, -0.2) is 4.79 Å². The van der Waals surface area contributed by atoms with Gasteiger partial charge in [0.1, 0.15) is 11.3 Å². The second-order valence-electron chi connectivity index (χ2n) is 5.36. The van der Waals surface area contributed by atoms with Crippen molar-refractivity contribution in [1.29, 1.82) is 0 Å². The Bertz CT molecular complexity index is 682. The van der Waals surface area contributed by atoms with Gasteiger partial charge in [0.2, 0.25) is 6.41 Å². The summed E-state index contributed by atoms with van der Waals surface area (Å²) in [6.45, 7) is 1.62. The summed E-state index contributed by atoms with van der Waals surface area (Å²) in [6.07, 6.45) is 4.64. The van der Waals surface area contributed by atoms with Crippen LogP contribution in [0.2, 0.25) is 0 Å². The van der Waals surface area contributed by atoms with E-state index in [1.54, 1.807) is 14.0 Å². The number of methoxy groups -OCH3 is 2. The van der Waals surface area contributed by atoms with Crippen LogP contribution in [0.4, 0.5) is 0 Å². The highest BCUT2D eigenvalue weighted by atomic mass is 16.5. The Labute approximate surface area is 135 Å². The van der Waals surface area contributed by atoms with Crippen LogP contribution in [0.5, 0.6) is 5.75 Å². The van der Waals surface area contributed by atoms with Crippen molar-refractivity contribution in [3.63, 3.8) is 0 Å². The topological polar surface area (TPSA) is 69.6 Å². The lowest BCUT2D eigenvalue weighted by Crippen LogP contribution is -2.51. The minimum absolute atomic E-state index is 0.292. The van der Waals surface area contributed by atoms with E-state index in [9.17, 15) is 9.59 Å². The molecule has 6 heteroatoms. The predicted octanol–water partition coefficient (Wildman–Crippen LogP) is 1.71. The van der Waals surface area contributed by atoms with Crippen molar-refractivity contribution in [1.82, 2.24) is 9.88 Å². The smallest absolute Gasteiger partial charge is 0.331 e. The maximum Gasteiger partial charge on any atom is 0.331 e. The molecule has 0 aliphatic heterocycles. The van der Waals surface area contributed by atoms with Gasteiger partial charge in [-0.05, 0) is 36.8 Å². The lowest BCUT2D eigenvalue weighted by molar-refractivity contribution is -0.148. The molecule has 1 atom stereocenters. The van der Waals surface area contributed by atoms with Crippen LogP contribution < -0.4 is 10.1 Å². The molecule has 122 valence electrons. The Morgan fingerprint density at radius 1 is 1.30 bits per heavy atom. The number of carbonyl (C=O) groups is 2. The summed E-state index contributed by atoms with van der Waals surface area (Å²) in [5, 5.41) is 2.54. The first-order valence-electron chi connectivity index (χ1n) is 7.14. The fraction of sp³-hybridized carbons (Fsp3) is 0.294. The minimum Gasteiger partial charge on any atom is -0.495 e. The zero-order valence-corrected chi connectivity index (χ0v) is 13.4. The quantitative estimate of drug-likeness (QED) is 0.623. The number of amides is 1. The molecule has 0 saturated heterocycles. The minimum atomic E-state index is -1.13. The van der Waals surface area contributed by atoms with Crippen LogP contribution in [0.1, 0.15) is 12.5 Å². The highest BCUT2D eigenvalue weighted by molar-refractivity contribution is 5.83. The number of benzene rings is 1. The van der Waals surface area contributed by atoms with E-state index >= 15 is 0 Å². The molecule has 1 aromatic carbocycles. The number of carbonyl (C=O) groups excluding carboxylic acids is 2. The first-order valence-corrected chi connectivity index (χ1v) is 7.14. The molecule has 2 rings (SSSR count). The second-order valence-corrected chi connectivity index (χ2v) is 5.36. The molecule has 0 aliphatic rings. The van der Waals surface area contributed by atoms with Gasteiger partial charge in [-0.15, -0.1) is 0 Å². The molecule has 1 amide bonds. The molecule has 0 spiro atoms. The molecular formula is C17H20N2O4. The van der Waals surface area contributed by atoms with E-state index in [0.717, 1.165) is 11.3 Å². The molecule has 1 aromatic heterocycles. The molecule has 0 saturated carbocycles. The van der Waals surface area contributed by atoms with Crippen LogP contribution >= 0.6 is 0 Å². The fourth-order valence-corrected chi connectivity index (χ4v) is 2.49. The number of aromatic nitrogens is 1. The van der Waals surface area contributed by atoms with E-state index in [0.29, 0.717) is 18.6 Å². The zero-order valence-electron chi connectivity index (χ0n) is 13.4. The average molecular weight is 316 g/mol. The largest absolute Gasteiger partial charge is 0.495 e. The van der Waals surface area contributed by atoms with Gasteiger partial charge in [-0.2, -0.15) is 0 Å². The molecule has 0 aliphatic carbocycles. The van der Waals surface area contributed by atoms with E-state index in [1.165, 1.54) is 7.11 Å². The summed E-state index contributed by atoms with van der Waals surface area (Å²) in [4.78, 5) is 22.8. The summed E-state index contributed by atoms with van der Waals surface area (Å²) in [7, 11) is 2.89. The number of hydrogen-bond acceptors (Lipinski definition) is 4. The summed E-state index contributed by atoms with van der Waals surface area (Å²) >= 11 is 0. The fourth-order valence-electron chi connectivity index (χ4n) is 2.49. The van der Waals surface area contributed by atoms with Crippen molar-refractivity contribution < 1.29 is 19.1 Å². The first kappa shape index (κ1) is 16.6. The third kappa shape index (κ3) is 3.53. The lowest BCUT2D eigenvalue weighted by atomic mass is 9.92. The Morgan fingerprint density at radius 2 is 2.00 bits per heavy atom. The van der Waals surface area contributed by atoms with E-state index < -0.39 is 11.5 Å². The Morgan fingerprint density at radius 3 is 2.57 bits per heavy atom. The van der Waals surface area contributed by atoms with Crippen molar-refractivity contribution >= 4 is 12.4 Å². The SMILES string of the molecule is COC(=O)[C@](C)(Cc1ccc(-n2cccc2)c(OC)c1)NC=O. The van der Waals surface area contributed by atoms with E-state index in [-0.39, 0.29) is 0 Å². The number of nitrogens with zero attached hydrogens (tertiary/aromatic N) is 1. The van der Waals surface area contributed by atoms with E-state index in [4.69, 9.17) is 9.47 Å². The molecule has 6 nitrogen and oxygen atoms in total. The molecule has 1 heterocycles. The summed E-state index contributed by atoms with van der Waals surface area (Å²) in [5.74, 6) is 0.176. The van der Waals surface area contributed by atoms with Crippen molar-refractivity contribution in [2.24, 2.45) is 0 Å². The molecule has 23 heavy (non-hydrogen) atoms.